The summed E-state index contributed by atoms with van der Waals surface area (Å²) in [6.45, 7) is 4.07. The lowest BCUT2D eigenvalue weighted by Gasteiger charge is -2.25. The summed E-state index contributed by atoms with van der Waals surface area (Å²) in [6, 6.07) is 3.84. The highest BCUT2D eigenvalue weighted by Crippen LogP contribution is 2.39. The van der Waals surface area contributed by atoms with Crippen LogP contribution in [0, 0.1) is 6.92 Å². The fraction of sp³-hybridized carbons (Fsp3) is 0.538. The molecular weight excluding hydrogens is 202 g/mol. The third-order valence-corrected chi connectivity index (χ3v) is 3.32. The number of hydrogen-bond donors (Lipinski definition) is 2. The molecule has 1 atom stereocenters. The number of phenolic OH excluding ortho intramolecular Hbond substituents is 1. The molecule has 2 rings (SSSR count). The Bertz CT molecular complexity index is 370. The molecule has 1 aromatic rings. The Kier molecular flexibility index (Phi) is 3.34. The van der Waals surface area contributed by atoms with Crippen molar-refractivity contribution < 1.29 is 9.84 Å². The van der Waals surface area contributed by atoms with Gasteiger partial charge in [-0.05, 0) is 37.9 Å². The first-order valence-corrected chi connectivity index (χ1v) is 5.81. The first-order chi connectivity index (χ1) is 7.74. The van der Waals surface area contributed by atoms with Crippen molar-refractivity contribution in [3.8, 4) is 11.5 Å². The lowest BCUT2D eigenvalue weighted by atomic mass is 9.88. The van der Waals surface area contributed by atoms with Crippen LogP contribution in [0.5, 0.6) is 11.5 Å². The highest BCUT2D eigenvalue weighted by Gasteiger charge is 2.22. The molecule has 88 valence electrons. The molecule has 1 aliphatic rings. The second-order valence-electron chi connectivity index (χ2n) is 4.39. The second-order valence-corrected chi connectivity index (χ2v) is 4.39. The smallest absolute Gasteiger partial charge is 0.161 e. The van der Waals surface area contributed by atoms with Crippen LogP contribution in [0.4, 0.5) is 0 Å². The number of piperidine rings is 1. The van der Waals surface area contributed by atoms with E-state index in [0.717, 1.165) is 30.6 Å². The van der Waals surface area contributed by atoms with Gasteiger partial charge in [-0.1, -0.05) is 6.07 Å². The predicted octanol–water partition coefficient (Wildman–Crippen LogP) is 2.18. The molecule has 0 amide bonds. The fourth-order valence-corrected chi connectivity index (χ4v) is 2.47. The van der Waals surface area contributed by atoms with Crippen molar-refractivity contribution in [3.63, 3.8) is 0 Å². The zero-order chi connectivity index (χ0) is 11.5. The lowest BCUT2D eigenvalue weighted by molar-refractivity contribution is 0.362. The van der Waals surface area contributed by atoms with Crippen molar-refractivity contribution in [2.75, 3.05) is 20.2 Å². The van der Waals surface area contributed by atoms with E-state index < -0.39 is 0 Å². The minimum atomic E-state index is 0.316. The van der Waals surface area contributed by atoms with Gasteiger partial charge in [0.25, 0.3) is 0 Å². The Morgan fingerprint density at radius 3 is 2.88 bits per heavy atom. The number of aromatic hydroxyl groups is 1. The summed E-state index contributed by atoms with van der Waals surface area (Å²) in [7, 11) is 1.59. The molecule has 16 heavy (non-hydrogen) atoms. The maximum atomic E-state index is 10.2. The van der Waals surface area contributed by atoms with Gasteiger partial charge in [0, 0.05) is 18.0 Å². The minimum Gasteiger partial charge on any atom is -0.504 e. The molecule has 3 heteroatoms. The maximum absolute atomic E-state index is 10.2. The average Bonchev–Trinajstić information content (AvgIpc) is 2.31. The Morgan fingerprint density at radius 1 is 1.44 bits per heavy atom. The lowest BCUT2D eigenvalue weighted by Crippen LogP contribution is -2.28. The summed E-state index contributed by atoms with van der Waals surface area (Å²) in [5.74, 6) is 1.30. The second kappa shape index (κ2) is 4.74. The highest BCUT2D eigenvalue weighted by molar-refractivity contribution is 5.51. The van der Waals surface area contributed by atoms with Crippen LogP contribution in [0.1, 0.15) is 29.9 Å². The molecule has 0 bridgehead atoms. The quantitative estimate of drug-likeness (QED) is 0.804. The van der Waals surface area contributed by atoms with Crippen LogP contribution in [0.15, 0.2) is 12.1 Å². The van der Waals surface area contributed by atoms with Crippen LogP contribution < -0.4 is 10.1 Å². The van der Waals surface area contributed by atoms with Crippen LogP contribution in [-0.2, 0) is 0 Å². The predicted molar refractivity (Wildman–Crippen MR) is 64.2 cm³/mol. The van der Waals surface area contributed by atoms with E-state index in [2.05, 4.69) is 5.32 Å². The molecular formula is C13H19NO2. The molecule has 2 N–H and O–H groups in total. The number of phenols is 1. The summed E-state index contributed by atoms with van der Waals surface area (Å²) in [5.41, 5.74) is 2.19. The highest BCUT2D eigenvalue weighted by atomic mass is 16.5. The van der Waals surface area contributed by atoms with E-state index >= 15 is 0 Å². The maximum Gasteiger partial charge on any atom is 0.161 e. The van der Waals surface area contributed by atoms with Crippen LogP contribution in [-0.4, -0.2) is 25.3 Å². The zero-order valence-corrected chi connectivity index (χ0v) is 9.92. The van der Waals surface area contributed by atoms with Crippen molar-refractivity contribution in [1.82, 2.24) is 5.32 Å². The van der Waals surface area contributed by atoms with Crippen LogP contribution in [0.3, 0.4) is 0 Å². The number of ether oxygens (including phenoxy) is 1. The van der Waals surface area contributed by atoms with Gasteiger partial charge >= 0.3 is 0 Å². The number of rotatable bonds is 2. The van der Waals surface area contributed by atoms with Gasteiger partial charge in [-0.2, -0.15) is 0 Å². The van der Waals surface area contributed by atoms with E-state index in [4.69, 9.17) is 4.74 Å². The number of benzene rings is 1. The summed E-state index contributed by atoms with van der Waals surface area (Å²) in [5, 5.41) is 13.5. The Balaban J connectivity index is 2.37. The average molecular weight is 221 g/mol. The standard InChI is InChI=1S/C13H19NO2/c1-9-5-6-11(16-2)13(15)12(9)10-4-3-7-14-8-10/h5-6,10,14-15H,3-4,7-8H2,1-2H3. The topological polar surface area (TPSA) is 41.5 Å². The molecule has 0 radical (unpaired) electrons. The van der Waals surface area contributed by atoms with Crippen LogP contribution in [0.2, 0.25) is 0 Å². The Labute approximate surface area is 96.4 Å². The van der Waals surface area contributed by atoms with Gasteiger partial charge in [0.15, 0.2) is 11.5 Å². The third-order valence-electron chi connectivity index (χ3n) is 3.32. The molecule has 1 saturated heterocycles. The number of methoxy groups -OCH3 is 1. The van der Waals surface area contributed by atoms with E-state index in [1.54, 1.807) is 7.11 Å². The van der Waals surface area contributed by atoms with Crippen molar-refractivity contribution in [3.05, 3.63) is 23.3 Å². The number of hydrogen-bond acceptors (Lipinski definition) is 3. The van der Waals surface area contributed by atoms with Gasteiger partial charge in [0.2, 0.25) is 0 Å². The minimum absolute atomic E-state index is 0.316. The van der Waals surface area contributed by atoms with Gasteiger partial charge in [0.05, 0.1) is 7.11 Å². The molecule has 1 unspecified atom stereocenters. The van der Waals surface area contributed by atoms with Crippen molar-refractivity contribution in [2.45, 2.75) is 25.7 Å². The molecule has 0 saturated carbocycles. The molecule has 3 nitrogen and oxygen atoms in total. The van der Waals surface area contributed by atoms with Gasteiger partial charge in [-0.3, -0.25) is 0 Å². The Hall–Kier alpha value is -1.22. The zero-order valence-electron chi connectivity index (χ0n) is 9.92. The molecule has 1 aliphatic heterocycles. The van der Waals surface area contributed by atoms with Crippen LogP contribution >= 0.6 is 0 Å². The van der Waals surface area contributed by atoms with Crippen LogP contribution in [0.25, 0.3) is 0 Å². The molecule has 0 aromatic heterocycles. The van der Waals surface area contributed by atoms with E-state index in [1.807, 2.05) is 19.1 Å². The summed E-state index contributed by atoms with van der Waals surface area (Å²) in [4.78, 5) is 0. The monoisotopic (exact) mass is 221 g/mol. The normalized spacial score (nSPS) is 20.8. The summed E-state index contributed by atoms with van der Waals surface area (Å²) in [6.07, 6.45) is 2.30. The van der Waals surface area contributed by atoms with Crippen molar-refractivity contribution in [1.29, 1.82) is 0 Å². The van der Waals surface area contributed by atoms with E-state index in [-0.39, 0.29) is 0 Å². The number of aryl methyl sites for hydroxylation is 1. The first-order valence-electron chi connectivity index (χ1n) is 5.81. The molecule has 1 aromatic carbocycles. The molecule has 1 fully saturated rings. The van der Waals surface area contributed by atoms with Crippen molar-refractivity contribution in [2.24, 2.45) is 0 Å². The summed E-state index contributed by atoms with van der Waals surface area (Å²) >= 11 is 0. The van der Waals surface area contributed by atoms with Gasteiger partial charge < -0.3 is 15.2 Å². The van der Waals surface area contributed by atoms with E-state index in [0.29, 0.717) is 17.4 Å². The summed E-state index contributed by atoms with van der Waals surface area (Å²) < 4.78 is 5.16. The van der Waals surface area contributed by atoms with Gasteiger partial charge in [-0.15, -0.1) is 0 Å². The third kappa shape index (κ3) is 2.00. The molecule has 1 heterocycles. The van der Waals surface area contributed by atoms with E-state index in [9.17, 15) is 5.11 Å². The molecule has 0 spiro atoms. The van der Waals surface area contributed by atoms with Crippen molar-refractivity contribution >= 4 is 0 Å². The van der Waals surface area contributed by atoms with Gasteiger partial charge in [0.1, 0.15) is 0 Å². The largest absolute Gasteiger partial charge is 0.504 e. The fourth-order valence-electron chi connectivity index (χ4n) is 2.47. The molecule has 0 aliphatic carbocycles. The SMILES string of the molecule is COc1ccc(C)c(C2CCCNC2)c1O. The van der Waals surface area contributed by atoms with E-state index in [1.165, 1.54) is 6.42 Å². The van der Waals surface area contributed by atoms with Gasteiger partial charge in [-0.25, -0.2) is 0 Å². The Morgan fingerprint density at radius 2 is 2.25 bits per heavy atom. The first kappa shape index (κ1) is 11.3. The number of nitrogens with one attached hydrogen (secondary N) is 1.